The van der Waals surface area contributed by atoms with E-state index in [1.807, 2.05) is 32.9 Å². The zero-order valence-corrected chi connectivity index (χ0v) is 10.7. The Morgan fingerprint density at radius 2 is 2.00 bits per heavy atom. The summed E-state index contributed by atoms with van der Waals surface area (Å²) in [5.41, 5.74) is 1.23. The third kappa shape index (κ3) is 9.48. The van der Waals surface area contributed by atoms with Gasteiger partial charge in [-0.3, -0.25) is 0 Å². The van der Waals surface area contributed by atoms with Gasteiger partial charge in [0.25, 0.3) is 0 Å². The van der Waals surface area contributed by atoms with Crippen LogP contribution in [0.15, 0.2) is 36.5 Å². The molecule has 15 heavy (non-hydrogen) atoms. The molecule has 1 heteroatoms. The molecule has 0 aliphatic carbocycles. The van der Waals surface area contributed by atoms with Crippen LogP contribution in [0, 0.1) is 5.92 Å². The van der Waals surface area contributed by atoms with Crippen LogP contribution in [0.4, 0.5) is 0 Å². The molecule has 0 aromatic rings. The minimum Gasteiger partial charge on any atom is -0.396 e. The maximum absolute atomic E-state index is 9.03. The van der Waals surface area contributed by atoms with Crippen molar-refractivity contribution in [2.24, 2.45) is 5.92 Å². The van der Waals surface area contributed by atoms with Gasteiger partial charge in [-0.1, -0.05) is 58.1 Å². The second-order valence-corrected chi connectivity index (χ2v) is 3.14. The first-order valence-corrected chi connectivity index (χ1v) is 5.83. The Labute approximate surface area is 95.2 Å². The zero-order valence-electron chi connectivity index (χ0n) is 10.7. The molecule has 0 radical (unpaired) electrons. The van der Waals surface area contributed by atoms with E-state index in [9.17, 15) is 0 Å². The minimum atomic E-state index is 0.266. The Morgan fingerprint density at radius 3 is 2.33 bits per heavy atom. The first-order valence-electron chi connectivity index (χ1n) is 5.83. The van der Waals surface area contributed by atoms with E-state index in [0.29, 0.717) is 5.92 Å². The van der Waals surface area contributed by atoms with Gasteiger partial charge >= 0.3 is 0 Å². The van der Waals surface area contributed by atoms with Gasteiger partial charge in [-0.15, -0.1) is 0 Å². The molecule has 0 saturated heterocycles. The van der Waals surface area contributed by atoms with Gasteiger partial charge in [-0.25, -0.2) is 0 Å². The van der Waals surface area contributed by atoms with Gasteiger partial charge in [0.15, 0.2) is 0 Å². The molecule has 0 bridgehead atoms. The van der Waals surface area contributed by atoms with Crippen LogP contribution < -0.4 is 0 Å². The maximum Gasteiger partial charge on any atom is 0.0462 e. The van der Waals surface area contributed by atoms with Crippen molar-refractivity contribution in [3.63, 3.8) is 0 Å². The quantitative estimate of drug-likeness (QED) is 0.654. The van der Waals surface area contributed by atoms with Gasteiger partial charge in [0.2, 0.25) is 0 Å². The molecule has 1 atom stereocenters. The molecule has 0 amide bonds. The van der Waals surface area contributed by atoms with E-state index in [2.05, 4.69) is 19.6 Å². The zero-order chi connectivity index (χ0) is 12.1. The molecule has 88 valence electrons. The summed E-state index contributed by atoms with van der Waals surface area (Å²) in [5, 5.41) is 9.03. The highest BCUT2D eigenvalue weighted by Gasteiger charge is 2.05. The monoisotopic (exact) mass is 210 g/mol. The SMILES string of the molecule is C=C/C=C(\C=C/C)CC(CC)CO.CC. The predicted octanol–water partition coefficient (Wildman–Crippen LogP) is 4.11. The molecular weight excluding hydrogens is 184 g/mol. The first-order chi connectivity index (χ1) is 7.28. The van der Waals surface area contributed by atoms with Crippen molar-refractivity contribution < 1.29 is 5.11 Å². The Balaban J connectivity index is 0. The van der Waals surface area contributed by atoms with Crippen LogP contribution in [-0.2, 0) is 0 Å². The summed E-state index contributed by atoms with van der Waals surface area (Å²) in [4.78, 5) is 0. The van der Waals surface area contributed by atoms with Gasteiger partial charge in [-0.2, -0.15) is 0 Å². The second-order valence-electron chi connectivity index (χ2n) is 3.14. The molecule has 1 N–H and O–H groups in total. The molecule has 1 nitrogen and oxygen atoms in total. The van der Waals surface area contributed by atoms with Crippen molar-refractivity contribution in [1.82, 2.24) is 0 Å². The predicted molar refractivity (Wildman–Crippen MR) is 69.9 cm³/mol. The highest BCUT2D eigenvalue weighted by Crippen LogP contribution is 2.15. The Bertz CT molecular complexity index is 186. The lowest BCUT2D eigenvalue weighted by Crippen LogP contribution is -2.04. The van der Waals surface area contributed by atoms with Gasteiger partial charge < -0.3 is 5.11 Å². The topological polar surface area (TPSA) is 20.2 Å². The molecule has 0 aromatic heterocycles. The lowest BCUT2D eigenvalue weighted by Gasteiger charge is -2.11. The summed E-state index contributed by atoms with van der Waals surface area (Å²) in [6, 6.07) is 0. The van der Waals surface area contributed by atoms with E-state index in [-0.39, 0.29) is 6.61 Å². The molecule has 0 rings (SSSR count). The van der Waals surface area contributed by atoms with E-state index >= 15 is 0 Å². The fourth-order valence-electron chi connectivity index (χ4n) is 1.23. The molecule has 0 saturated carbocycles. The van der Waals surface area contributed by atoms with Crippen molar-refractivity contribution >= 4 is 0 Å². The highest BCUT2D eigenvalue weighted by molar-refractivity contribution is 5.22. The Hall–Kier alpha value is -0.820. The summed E-state index contributed by atoms with van der Waals surface area (Å²) < 4.78 is 0. The lowest BCUT2D eigenvalue weighted by molar-refractivity contribution is 0.222. The number of rotatable bonds is 6. The van der Waals surface area contributed by atoms with Crippen LogP contribution in [0.1, 0.15) is 40.5 Å². The van der Waals surface area contributed by atoms with E-state index in [0.717, 1.165) is 12.8 Å². The normalized spacial score (nSPS) is 13.3. The molecule has 1 unspecified atom stereocenters. The highest BCUT2D eigenvalue weighted by atomic mass is 16.3. The second kappa shape index (κ2) is 13.2. The van der Waals surface area contributed by atoms with Gasteiger partial charge in [0.05, 0.1) is 0 Å². The molecule has 0 aliphatic rings. The fourth-order valence-corrected chi connectivity index (χ4v) is 1.23. The molecular formula is C14H26O. The summed E-state index contributed by atoms with van der Waals surface area (Å²) >= 11 is 0. The number of aliphatic hydroxyl groups excluding tert-OH is 1. The average Bonchev–Trinajstić information content (AvgIpc) is 2.29. The van der Waals surface area contributed by atoms with Crippen molar-refractivity contribution in [3.8, 4) is 0 Å². The van der Waals surface area contributed by atoms with E-state index in [1.165, 1.54) is 5.57 Å². The van der Waals surface area contributed by atoms with Crippen LogP contribution in [0.3, 0.4) is 0 Å². The lowest BCUT2D eigenvalue weighted by atomic mass is 9.97. The van der Waals surface area contributed by atoms with Crippen LogP contribution in [0.5, 0.6) is 0 Å². The van der Waals surface area contributed by atoms with E-state index < -0.39 is 0 Å². The first kappa shape index (κ1) is 16.6. The van der Waals surface area contributed by atoms with Crippen LogP contribution in [-0.4, -0.2) is 11.7 Å². The third-order valence-corrected chi connectivity index (χ3v) is 2.07. The number of hydrogen-bond acceptors (Lipinski definition) is 1. The number of hydrogen-bond donors (Lipinski definition) is 1. The van der Waals surface area contributed by atoms with E-state index in [1.54, 1.807) is 6.08 Å². The average molecular weight is 210 g/mol. The van der Waals surface area contributed by atoms with Crippen molar-refractivity contribution in [3.05, 3.63) is 36.5 Å². The molecule has 0 aliphatic heterocycles. The summed E-state index contributed by atoms with van der Waals surface area (Å²) in [5.74, 6) is 0.377. The fraction of sp³-hybridized carbons (Fsp3) is 0.571. The summed E-state index contributed by atoms with van der Waals surface area (Å²) in [7, 11) is 0. The van der Waals surface area contributed by atoms with Gasteiger partial charge in [0.1, 0.15) is 0 Å². The Kier molecular flexibility index (Phi) is 14.6. The largest absolute Gasteiger partial charge is 0.396 e. The molecule has 0 spiro atoms. The smallest absolute Gasteiger partial charge is 0.0462 e. The summed E-state index contributed by atoms with van der Waals surface area (Å²) in [6.45, 7) is 12.0. The molecule has 0 aromatic carbocycles. The number of aliphatic hydroxyl groups is 1. The number of allylic oxidation sites excluding steroid dienone is 5. The molecule has 0 heterocycles. The van der Waals surface area contributed by atoms with E-state index in [4.69, 9.17) is 5.11 Å². The minimum absolute atomic E-state index is 0.266. The molecule has 0 fully saturated rings. The van der Waals surface area contributed by atoms with Gasteiger partial charge in [0, 0.05) is 6.61 Å². The summed E-state index contributed by atoms with van der Waals surface area (Å²) in [6.07, 6.45) is 9.82. The standard InChI is InChI=1S/C12H20O.C2H6/c1-4-7-12(8-5-2)9-11(6-3)10-13;1-2/h4-5,7-8,11,13H,1,6,9-10H2,2-3H3;1-2H3/b8-5-,12-7+;. The Morgan fingerprint density at radius 1 is 1.40 bits per heavy atom. The van der Waals surface area contributed by atoms with Crippen molar-refractivity contribution in [2.75, 3.05) is 6.61 Å². The van der Waals surface area contributed by atoms with Crippen LogP contribution in [0.25, 0.3) is 0 Å². The van der Waals surface area contributed by atoms with Crippen molar-refractivity contribution in [1.29, 1.82) is 0 Å². The van der Waals surface area contributed by atoms with Crippen LogP contribution in [0.2, 0.25) is 0 Å². The third-order valence-electron chi connectivity index (χ3n) is 2.07. The van der Waals surface area contributed by atoms with Gasteiger partial charge in [-0.05, 0) is 24.8 Å². The maximum atomic E-state index is 9.03. The van der Waals surface area contributed by atoms with Crippen molar-refractivity contribution in [2.45, 2.75) is 40.5 Å². The van der Waals surface area contributed by atoms with Crippen LogP contribution >= 0.6 is 0 Å².